The van der Waals surface area contributed by atoms with Gasteiger partial charge < -0.3 is 4.74 Å². The number of nitrogens with one attached hydrogen (secondary N) is 1. The maximum atomic E-state index is 11.1. The highest BCUT2D eigenvalue weighted by atomic mass is 16.6. The van der Waals surface area contributed by atoms with Crippen LogP contribution in [0.15, 0.2) is 23.3 Å². The van der Waals surface area contributed by atoms with Gasteiger partial charge in [-0.15, -0.1) is 0 Å². The van der Waals surface area contributed by atoms with Crippen LogP contribution < -0.4 is 5.43 Å². The van der Waals surface area contributed by atoms with E-state index < -0.39 is 21.1 Å². The smallest absolute Gasteiger partial charge is 0.301 e. The zero-order valence-corrected chi connectivity index (χ0v) is 13.3. The van der Waals surface area contributed by atoms with E-state index in [1.807, 2.05) is 27.7 Å². The van der Waals surface area contributed by atoms with E-state index in [0.29, 0.717) is 6.42 Å². The standard InChI is InChI=1S/C14H18N4O5/c1-13(2)8-12(14(3,4)23-13)16-15-10-6-5-9(17(19)20)7-11(10)18(21)22/h5-7,15H,8H2,1-4H3. The molecule has 1 saturated heterocycles. The van der Waals surface area contributed by atoms with Crippen LogP contribution in [0.3, 0.4) is 0 Å². The summed E-state index contributed by atoms with van der Waals surface area (Å²) in [5.74, 6) is 0. The highest BCUT2D eigenvalue weighted by Crippen LogP contribution is 2.35. The second-order valence-electron chi connectivity index (χ2n) is 6.43. The van der Waals surface area contributed by atoms with E-state index in [1.54, 1.807) is 0 Å². The quantitative estimate of drug-likeness (QED) is 0.671. The number of nitro benzene ring substituents is 2. The van der Waals surface area contributed by atoms with E-state index in [2.05, 4.69) is 10.5 Å². The molecule has 0 radical (unpaired) electrons. The third kappa shape index (κ3) is 3.62. The monoisotopic (exact) mass is 322 g/mol. The summed E-state index contributed by atoms with van der Waals surface area (Å²) >= 11 is 0. The fourth-order valence-electron chi connectivity index (χ4n) is 2.58. The first-order valence-corrected chi connectivity index (χ1v) is 6.98. The van der Waals surface area contributed by atoms with E-state index in [-0.39, 0.29) is 17.0 Å². The van der Waals surface area contributed by atoms with Crippen molar-refractivity contribution in [3.8, 4) is 0 Å². The van der Waals surface area contributed by atoms with Crippen LogP contribution in [0.5, 0.6) is 0 Å². The van der Waals surface area contributed by atoms with Crippen molar-refractivity contribution in [3.63, 3.8) is 0 Å². The Hall–Kier alpha value is -2.55. The Morgan fingerprint density at radius 3 is 2.30 bits per heavy atom. The van der Waals surface area contributed by atoms with E-state index in [0.717, 1.165) is 11.8 Å². The second-order valence-corrected chi connectivity index (χ2v) is 6.43. The van der Waals surface area contributed by atoms with Crippen molar-refractivity contribution in [1.29, 1.82) is 0 Å². The largest absolute Gasteiger partial charge is 0.363 e. The van der Waals surface area contributed by atoms with Crippen molar-refractivity contribution in [1.82, 2.24) is 0 Å². The maximum Gasteiger partial charge on any atom is 0.301 e. The minimum absolute atomic E-state index is 0.0913. The molecule has 0 bridgehead atoms. The van der Waals surface area contributed by atoms with Gasteiger partial charge >= 0.3 is 5.69 Å². The van der Waals surface area contributed by atoms with Gasteiger partial charge in [-0.2, -0.15) is 5.10 Å². The van der Waals surface area contributed by atoms with Gasteiger partial charge in [0.15, 0.2) is 0 Å². The van der Waals surface area contributed by atoms with Crippen LogP contribution >= 0.6 is 0 Å². The summed E-state index contributed by atoms with van der Waals surface area (Å²) in [5.41, 5.74) is 1.74. The number of hydrazone groups is 1. The average Bonchev–Trinajstić information content (AvgIpc) is 2.63. The molecular weight excluding hydrogens is 304 g/mol. The summed E-state index contributed by atoms with van der Waals surface area (Å²) < 4.78 is 5.87. The molecule has 0 amide bonds. The number of hydrogen-bond donors (Lipinski definition) is 1. The Balaban J connectivity index is 2.32. The Kier molecular flexibility index (Phi) is 4.08. The van der Waals surface area contributed by atoms with Gasteiger partial charge in [0.25, 0.3) is 5.69 Å². The lowest BCUT2D eigenvalue weighted by molar-refractivity contribution is -0.393. The van der Waals surface area contributed by atoms with Gasteiger partial charge in [-0.3, -0.25) is 25.7 Å². The van der Waals surface area contributed by atoms with Gasteiger partial charge in [-0.1, -0.05) is 0 Å². The minimum atomic E-state index is -0.685. The van der Waals surface area contributed by atoms with Crippen molar-refractivity contribution in [2.45, 2.75) is 45.3 Å². The number of rotatable bonds is 4. The summed E-state index contributed by atoms with van der Waals surface area (Å²) in [7, 11) is 0. The van der Waals surface area contributed by atoms with Crippen LogP contribution in [0.4, 0.5) is 17.1 Å². The van der Waals surface area contributed by atoms with Gasteiger partial charge in [-0.05, 0) is 33.8 Å². The molecule has 9 nitrogen and oxygen atoms in total. The highest BCUT2D eigenvalue weighted by molar-refractivity contribution is 5.95. The first kappa shape index (κ1) is 16.8. The van der Waals surface area contributed by atoms with Crippen molar-refractivity contribution >= 4 is 22.8 Å². The first-order valence-electron chi connectivity index (χ1n) is 6.98. The lowest BCUT2D eigenvalue weighted by Crippen LogP contribution is -2.30. The van der Waals surface area contributed by atoms with Crippen LogP contribution in [0, 0.1) is 20.2 Å². The lowest BCUT2D eigenvalue weighted by atomic mass is 9.98. The molecule has 1 fully saturated rings. The SMILES string of the molecule is CC1(C)CC(=NNc2ccc([N+](=O)[O-])cc2[N+](=O)[O-])C(C)(C)O1. The van der Waals surface area contributed by atoms with Gasteiger partial charge in [0.2, 0.25) is 0 Å². The molecule has 0 aliphatic carbocycles. The van der Waals surface area contributed by atoms with E-state index in [9.17, 15) is 20.2 Å². The molecule has 1 N–H and O–H groups in total. The summed E-state index contributed by atoms with van der Waals surface area (Å²) in [4.78, 5) is 20.5. The van der Waals surface area contributed by atoms with E-state index in [1.165, 1.54) is 12.1 Å². The molecule has 0 unspecified atom stereocenters. The number of benzene rings is 1. The number of hydrogen-bond acceptors (Lipinski definition) is 7. The number of ether oxygens (including phenoxy) is 1. The van der Waals surface area contributed by atoms with Crippen molar-refractivity contribution in [2.24, 2.45) is 5.10 Å². The van der Waals surface area contributed by atoms with E-state index in [4.69, 9.17) is 4.74 Å². The third-order valence-corrected chi connectivity index (χ3v) is 3.52. The van der Waals surface area contributed by atoms with Gasteiger partial charge in [0.05, 0.1) is 27.2 Å². The second kappa shape index (κ2) is 5.58. The number of anilines is 1. The van der Waals surface area contributed by atoms with Crippen molar-refractivity contribution < 1.29 is 14.6 Å². The van der Waals surface area contributed by atoms with Crippen LogP contribution in [0.25, 0.3) is 0 Å². The summed E-state index contributed by atoms with van der Waals surface area (Å²) in [6, 6.07) is 3.37. The molecule has 1 aromatic rings. The predicted molar refractivity (Wildman–Crippen MR) is 84.7 cm³/mol. The van der Waals surface area contributed by atoms with Gasteiger partial charge in [-0.25, -0.2) is 0 Å². The minimum Gasteiger partial charge on any atom is -0.363 e. The topological polar surface area (TPSA) is 120 Å². The Morgan fingerprint density at radius 1 is 1.17 bits per heavy atom. The summed E-state index contributed by atoms with van der Waals surface area (Å²) in [6.45, 7) is 7.61. The zero-order valence-electron chi connectivity index (χ0n) is 13.3. The average molecular weight is 322 g/mol. The molecule has 9 heteroatoms. The van der Waals surface area contributed by atoms with Gasteiger partial charge in [0.1, 0.15) is 11.3 Å². The molecule has 23 heavy (non-hydrogen) atoms. The zero-order chi connectivity index (χ0) is 17.4. The highest BCUT2D eigenvalue weighted by Gasteiger charge is 2.43. The van der Waals surface area contributed by atoms with Crippen molar-refractivity contribution in [2.75, 3.05) is 5.43 Å². The summed E-state index contributed by atoms with van der Waals surface area (Å²) in [5, 5.41) is 26.0. The molecule has 0 spiro atoms. The molecule has 1 heterocycles. The number of nitro groups is 2. The van der Waals surface area contributed by atoms with Crippen LogP contribution in [0.2, 0.25) is 0 Å². The van der Waals surface area contributed by atoms with Crippen LogP contribution in [0.1, 0.15) is 34.1 Å². The van der Waals surface area contributed by atoms with Crippen LogP contribution in [-0.4, -0.2) is 26.8 Å². The molecule has 1 aliphatic heterocycles. The van der Waals surface area contributed by atoms with Crippen LogP contribution in [-0.2, 0) is 4.74 Å². The Morgan fingerprint density at radius 2 is 1.83 bits per heavy atom. The fraction of sp³-hybridized carbons (Fsp3) is 0.500. The molecule has 2 rings (SSSR count). The summed E-state index contributed by atoms with van der Waals surface area (Å²) in [6.07, 6.45) is 0.577. The molecular formula is C14H18N4O5. The molecule has 1 aromatic carbocycles. The maximum absolute atomic E-state index is 11.1. The normalized spacial score (nSPS) is 20.4. The third-order valence-electron chi connectivity index (χ3n) is 3.52. The molecule has 0 saturated carbocycles. The molecule has 124 valence electrons. The molecule has 1 aliphatic rings. The lowest BCUT2D eigenvalue weighted by Gasteiger charge is -2.23. The predicted octanol–water partition coefficient (Wildman–Crippen LogP) is 3.25. The molecule has 0 atom stereocenters. The Labute approximate surface area is 132 Å². The fourth-order valence-corrected chi connectivity index (χ4v) is 2.58. The van der Waals surface area contributed by atoms with Gasteiger partial charge in [0, 0.05) is 12.5 Å². The first-order chi connectivity index (χ1) is 10.5. The van der Waals surface area contributed by atoms with Crippen molar-refractivity contribution in [3.05, 3.63) is 38.4 Å². The van der Waals surface area contributed by atoms with E-state index >= 15 is 0 Å². The number of non-ortho nitro benzene ring substituents is 1. The Bertz CT molecular complexity index is 696. The molecule has 0 aromatic heterocycles. The number of nitrogens with zero attached hydrogens (tertiary/aromatic N) is 3.